The van der Waals surface area contributed by atoms with E-state index in [0.29, 0.717) is 19.3 Å². The van der Waals surface area contributed by atoms with Gasteiger partial charge in [0.05, 0.1) is 73.8 Å². The van der Waals surface area contributed by atoms with E-state index in [1.165, 1.54) is 26.4 Å². The highest BCUT2D eigenvalue weighted by atomic mass is 19.1. The van der Waals surface area contributed by atoms with Crippen LogP contribution in [0.5, 0.6) is 0 Å². The summed E-state index contributed by atoms with van der Waals surface area (Å²) >= 11 is 0. The second kappa shape index (κ2) is 19.1. The molecule has 0 aliphatic carbocycles. The zero-order chi connectivity index (χ0) is 47.6. The predicted octanol–water partition coefficient (Wildman–Crippen LogP) is 4.74. The minimum absolute atomic E-state index is 0.103. The fourth-order valence-electron chi connectivity index (χ4n) is 12.6. The Bertz CT molecular complexity index is 1790. The van der Waals surface area contributed by atoms with Crippen LogP contribution in [0, 0.1) is 35.4 Å². The smallest absolute Gasteiger partial charge is 0.338 e. The molecule has 17 heteroatoms. The molecule has 6 fully saturated rings. The second-order valence-corrected chi connectivity index (χ2v) is 20.4. The summed E-state index contributed by atoms with van der Waals surface area (Å²) in [5, 5.41) is 43.7. The van der Waals surface area contributed by atoms with Gasteiger partial charge in [0, 0.05) is 70.9 Å². The largest absolute Gasteiger partial charge is 0.479 e. The molecule has 7 rings (SSSR count). The number of carbonyl (C=O) groups is 1. The van der Waals surface area contributed by atoms with Crippen molar-refractivity contribution in [3.05, 3.63) is 35.6 Å². The van der Waals surface area contributed by atoms with E-state index >= 15 is 0 Å². The van der Waals surface area contributed by atoms with Crippen molar-refractivity contribution in [1.82, 2.24) is 0 Å². The van der Waals surface area contributed by atoms with E-state index in [1.54, 1.807) is 47.1 Å². The topological polar surface area (TPSA) is 200 Å². The predicted molar refractivity (Wildman–Crippen MR) is 230 cm³/mol. The average molecular weight is 927 g/mol. The van der Waals surface area contributed by atoms with Crippen LogP contribution in [0.15, 0.2) is 24.3 Å². The maximum Gasteiger partial charge on any atom is 0.338 e. The molecule has 0 aromatic heterocycles. The minimum atomic E-state index is -2.51. The van der Waals surface area contributed by atoms with Gasteiger partial charge in [-0.3, -0.25) is 0 Å². The molecule has 6 heterocycles. The van der Waals surface area contributed by atoms with Gasteiger partial charge in [0.15, 0.2) is 11.6 Å². The number of halogens is 1. The van der Waals surface area contributed by atoms with Crippen molar-refractivity contribution in [2.75, 3.05) is 28.4 Å². The second-order valence-electron chi connectivity index (χ2n) is 20.4. The third-order valence-corrected chi connectivity index (χ3v) is 16.7. The molecule has 0 amide bonds. The van der Waals surface area contributed by atoms with Crippen molar-refractivity contribution < 1.29 is 81.7 Å². The zero-order valence-electron chi connectivity index (χ0n) is 40.1. The van der Waals surface area contributed by atoms with Crippen LogP contribution in [0.3, 0.4) is 0 Å². The number of aliphatic carboxylic acids is 1. The summed E-state index contributed by atoms with van der Waals surface area (Å²) in [5.74, 6) is -9.22. The third-order valence-electron chi connectivity index (χ3n) is 16.7. The number of ether oxygens (including phenoxy) is 11. The molecule has 1 aromatic carbocycles. The van der Waals surface area contributed by atoms with Gasteiger partial charge in [-0.2, -0.15) is 0 Å². The Morgan fingerprint density at radius 3 is 2.05 bits per heavy atom. The molecule has 1 spiro atoms. The van der Waals surface area contributed by atoms with Gasteiger partial charge in [0.25, 0.3) is 0 Å². The Balaban J connectivity index is 1.06. The molecule has 370 valence electrons. The Morgan fingerprint density at radius 2 is 1.43 bits per heavy atom. The number of carboxylic acids is 1. The molecule has 65 heavy (non-hydrogen) atoms. The van der Waals surface area contributed by atoms with Gasteiger partial charge in [-0.1, -0.05) is 46.8 Å². The van der Waals surface area contributed by atoms with Crippen LogP contribution in [0.2, 0.25) is 0 Å². The van der Waals surface area contributed by atoms with Crippen LogP contribution >= 0.6 is 0 Å². The number of hydrogen-bond acceptors (Lipinski definition) is 15. The highest BCUT2D eigenvalue weighted by Gasteiger charge is 2.70. The maximum absolute atomic E-state index is 13.6. The lowest BCUT2D eigenvalue weighted by atomic mass is 9.73. The van der Waals surface area contributed by atoms with E-state index in [9.17, 15) is 29.6 Å². The molecular weight excluding hydrogens is 852 g/mol. The molecule has 1 aromatic rings. The van der Waals surface area contributed by atoms with Crippen molar-refractivity contribution in [1.29, 1.82) is 0 Å². The standard InChI is InChI=1S/C48H75FO16/c1-24-38(59-23-29-13-15-30(49)16-14-29)26(3)46(8,53)64-39(24)34-18-17-32(60-34)33-19-20-36(61-33)45(7)42(57-11)28(5)48(65-45)25(2)35(55-9)21-31(62-48)22-37-44(6,58-12)41(56-10)27(4)47(54,63-37)40(50)43(51)52/h13-16,24-28,31-42,50,53-54H,17-23H2,1-12H3,(H,51,52)/t24-,25+,26?,27-,28+,31-,32+,33-,34+,35+,36+,37-,38?,39-,40-,41-,42+,44-,45+,46?,47-,48-/m0/s1. The van der Waals surface area contributed by atoms with E-state index in [2.05, 4.69) is 6.92 Å². The lowest BCUT2D eigenvalue weighted by molar-refractivity contribution is -0.389. The van der Waals surface area contributed by atoms with Crippen LogP contribution in [0.1, 0.15) is 99.5 Å². The van der Waals surface area contributed by atoms with Crippen molar-refractivity contribution in [3.63, 3.8) is 0 Å². The highest BCUT2D eigenvalue weighted by molar-refractivity contribution is 5.73. The molecule has 6 saturated heterocycles. The number of methoxy groups -OCH3 is 4. The summed E-state index contributed by atoms with van der Waals surface area (Å²) in [6, 6.07) is 6.22. The number of hydrogen-bond donors (Lipinski definition) is 4. The number of aliphatic hydroxyl groups is 3. The van der Waals surface area contributed by atoms with Gasteiger partial charge in [-0.15, -0.1) is 0 Å². The maximum atomic E-state index is 13.6. The lowest BCUT2D eigenvalue weighted by Crippen LogP contribution is -2.72. The summed E-state index contributed by atoms with van der Waals surface area (Å²) in [6.07, 6.45) is -4.19. The summed E-state index contributed by atoms with van der Waals surface area (Å²) in [5.41, 5.74) is -1.34. The third kappa shape index (κ3) is 8.85. The molecule has 22 atom stereocenters. The van der Waals surface area contributed by atoms with Crippen molar-refractivity contribution in [2.45, 2.75) is 202 Å². The molecule has 0 radical (unpaired) electrons. The molecule has 16 nitrogen and oxygen atoms in total. The van der Waals surface area contributed by atoms with Crippen LogP contribution in [0.4, 0.5) is 4.39 Å². The number of aliphatic hydroxyl groups excluding tert-OH is 1. The average Bonchev–Trinajstić information content (AvgIpc) is 4.01. The first-order valence-electron chi connectivity index (χ1n) is 23.4. The van der Waals surface area contributed by atoms with Gasteiger partial charge in [-0.05, 0) is 64.2 Å². The highest BCUT2D eigenvalue weighted by Crippen LogP contribution is 2.57. The van der Waals surface area contributed by atoms with Crippen molar-refractivity contribution in [3.8, 4) is 0 Å². The normalized spacial score (nSPS) is 49.7. The van der Waals surface area contributed by atoms with E-state index in [1.807, 2.05) is 27.7 Å². The summed E-state index contributed by atoms with van der Waals surface area (Å²) in [7, 11) is 6.25. The molecule has 0 saturated carbocycles. The first kappa shape index (κ1) is 50.9. The number of carboxylic acid groups (broad SMARTS) is 1. The summed E-state index contributed by atoms with van der Waals surface area (Å²) in [4.78, 5) is 12.0. The Labute approximate surface area is 382 Å². The van der Waals surface area contributed by atoms with Gasteiger partial charge >= 0.3 is 5.97 Å². The van der Waals surface area contributed by atoms with Crippen molar-refractivity contribution >= 4 is 5.97 Å². The SMILES string of the molecule is CO[C@@H]1[C@@H](C)[C@@]2(O[C@H](C[C@@H]3O[C@](O)([C@@H](O)C(=O)O)[C@@H](C)[C@H](OC)[C@@]3(C)OC)C[C@@H](OC)[C@H]2C)O[C@]1(C)[C@H]1CC[C@@H]([C@H]2CC[C@H]([C@H]3OC(C)(O)C(C)C(OCc4ccc(F)cc4)[C@@H]3C)O2)O1. The van der Waals surface area contributed by atoms with Crippen molar-refractivity contribution in [2.24, 2.45) is 29.6 Å². The van der Waals surface area contributed by atoms with E-state index < -0.39 is 83.2 Å². The van der Waals surface area contributed by atoms with Crippen LogP contribution in [0.25, 0.3) is 0 Å². The summed E-state index contributed by atoms with van der Waals surface area (Å²) < 4.78 is 85.1. The first-order chi connectivity index (χ1) is 30.5. The number of benzene rings is 1. The number of rotatable bonds is 14. The van der Waals surface area contributed by atoms with Gasteiger partial charge < -0.3 is 72.5 Å². The monoisotopic (exact) mass is 927 g/mol. The molecule has 3 unspecified atom stereocenters. The summed E-state index contributed by atoms with van der Waals surface area (Å²) in [6.45, 7) is 15.3. The molecular formula is C48H75FO16. The van der Waals surface area contributed by atoms with E-state index in [4.69, 9.17) is 52.1 Å². The van der Waals surface area contributed by atoms with E-state index in [-0.39, 0.29) is 73.0 Å². The fraction of sp³-hybridized carbons (Fsp3) is 0.854. The Hall–Kier alpha value is -1.94. The molecule has 0 bridgehead atoms. The zero-order valence-corrected chi connectivity index (χ0v) is 40.1. The van der Waals surface area contributed by atoms with E-state index in [0.717, 1.165) is 18.4 Å². The molecule has 4 N–H and O–H groups in total. The lowest BCUT2D eigenvalue weighted by Gasteiger charge is -2.56. The van der Waals surface area contributed by atoms with Crippen LogP contribution in [-0.2, 0) is 63.5 Å². The minimum Gasteiger partial charge on any atom is -0.479 e. The van der Waals surface area contributed by atoms with Crippen LogP contribution < -0.4 is 0 Å². The van der Waals surface area contributed by atoms with Gasteiger partial charge in [-0.25, -0.2) is 9.18 Å². The quantitative estimate of drug-likeness (QED) is 0.199. The van der Waals surface area contributed by atoms with Gasteiger partial charge in [0.1, 0.15) is 17.0 Å². The molecule has 6 aliphatic heterocycles. The van der Waals surface area contributed by atoms with Gasteiger partial charge in [0.2, 0.25) is 11.9 Å². The Morgan fingerprint density at radius 1 is 0.800 bits per heavy atom. The van der Waals surface area contributed by atoms with Crippen LogP contribution in [-0.4, -0.2) is 157 Å². The Kier molecular flexibility index (Phi) is 15.0. The molecule has 6 aliphatic rings. The fourth-order valence-corrected chi connectivity index (χ4v) is 12.6. The first-order valence-corrected chi connectivity index (χ1v) is 23.4.